The minimum absolute atomic E-state index is 0.124. The summed E-state index contributed by atoms with van der Waals surface area (Å²) in [5, 5.41) is 25.1. The summed E-state index contributed by atoms with van der Waals surface area (Å²) in [7, 11) is 1.76. The molecule has 4 rings (SSSR count). The maximum atomic E-state index is 14.6. The molecule has 0 aliphatic heterocycles. The van der Waals surface area contributed by atoms with Gasteiger partial charge in [0.25, 0.3) is 5.88 Å². The fourth-order valence-electron chi connectivity index (χ4n) is 3.29. The van der Waals surface area contributed by atoms with Gasteiger partial charge in [0, 0.05) is 36.6 Å². The van der Waals surface area contributed by atoms with E-state index in [1.165, 1.54) is 17.1 Å². The number of carbonyl (C=O) groups is 1. The van der Waals surface area contributed by atoms with Crippen molar-refractivity contribution < 1.29 is 19.0 Å². The summed E-state index contributed by atoms with van der Waals surface area (Å²) < 4.78 is 21.9. The van der Waals surface area contributed by atoms with Gasteiger partial charge in [-0.3, -0.25) is 9.48 Å². The number of carboxylic acids is 1. The molecule has 1 atom stereocenters. The predicted molar refractivity (Wildman–Crippen MR) is 115 cm³/mol. The molecule has 0 saturated carbocycles. The molecule has 1 aromatic carbocycles. The first-order valence-corrected chi connectivity index (χ1v) is 9.98. The minimum Gasteiger partial charge on any atom is -0.481 e. The zero-order chi connectivity index (χ0) is 23.5. The smallest absolute Gasteiger partial charge is 0.304 e. The first-order chi connectivity index (χ1) is 15.8. The van der Waals surface area contributed by atoms with Crippen molar-refractivity contribution in [3.8, 4) is 34.3 Å². The van der Waals surface area contributed by atoms with Crippen LogP contribution in [0.4, 0.5) is 4.39 Å². The molecule has 12 heteroatoms. The van der Waals surface area contributed by atoms with Crippen molar-refractivity contribution in [1.29, 1.82) is 0 Å². The van der Waals surface area contributed by atoms with E-state index in [4.69, 9.17) is 15.6 Å². The largest absolute Gasteiger partial charge is 0.481 e. The highest BCUT2D eigenvalue weighted by molar-refractivity contribution is 5.67. The minimum atomic E-state index is -0.994. The number of aromatic nitrogens is 7. The van der Waals surface area contributed by atoms with Crippen LogP contribution in [0.25, 0.3) is 22.6 Å². The molecule has 0 fully saturated rings. The molecule has 0 radical (unpaired) electrons. The van der Waals surface area contributed by atoms with Crippen molar-refractivity contribution in [3.63, 3.8) is 0 Å². The number of aryl methyl sites for hydroxylation is 2. The Hall–Kier alpha value is -4.19. The number of halogens is 1. The van der Waals surface area contributed by atoms with Crippen LogP contribution in [0.15, 0.2) is 42.7 Å². The number of pyridine rings is 1. The molecule has 11 nitrogen and oxygen atoms in total. The van der Waals surface area contributed by atoms with Crippen molar-refractivity contribution in [2.75, 3.05) is 0 Å². The first kappa shape index (κ1) is 22.0. The van der Waals surface area contributed by atoms with Gasteiger partial charge in [-0.1, -0.05) is 0 Å². The number of hydrogen-bond acceptors (Lipinski definition) is 8. The van der Waals surface area contributed by atoms with E-state index in [0.717, 1.165) is 11.3 Å². The number of nitrogens with two attached hydrogens (primary N) is 1. The second-order valence-electron chi connectivity index (χ2n) is 7.46. The van der Waals surface area contributed by atoms with E-state index in [1.54, 1.807) is 42.2 Å². The van der Waals surface area contributed by atoms with Crippen molar-refractivity contribution in [3.05, 3.63) is 54.1 Å². The Morgan fingerprint density at radius 1 is 1.30 bits per heavy atom. The molecule has 0 saturated heterocycles. The van der Waals surface area contributed by atoms with Gasteiger partial charge >= 0.3 is 5.97 Å². The summed E-state index contributed by atoms with van der Waals surface area (Å²) in [6.07, 6.45) is 2.95. The van der Waals surface area contributed by atoms with Gasteiger partial charge in [0.15, 0.2) is 5.82 Å². The van der Waals surface area contributed by atoms with Crippen molar-refractivity contribution in [1.82, 2.24) is 35.0 Å². The molecule has 0 aliphatic carbocycles. The second kappa shape index (κ2) is 9.12. The van der Waals surface area contributed by atoms with Crippen LogP contribution in [-0.4, -0.2) is 52.1 Å². The van der Waals surface area contributed by atoms with Gasteiger partial charge in [-0.25, -0.2) is 9.37 Å². The normalized spacial score (nSPS) is 12.0. The lowest BCUT2D eigenvalue weighted by atomic mass is 10.1. The van der Waals surface area contributed by atoms with Gasteiger partial charge in [-0.05, 0) is 48.0 Å². The third-order valence-corrected chi connectivity index (χ3v) is 4.86. The van der Waals surface area contributed by atoms with Crippen molar-refractivity contribution in [2.24, 2.45) is 12.8 Å². The number of nitrogens with zero attached hydrogens (tertiary/aromatic N) is 7. The lowest BCUT2D eigenvalue weighted by Crippen LogP contribution is -2.30. The lowest BCUT2D eigenvalue weighted by molar-refractivity contribution is -0.137. The SMILES string of the molecule is Cc1cc(Oc2ncc(-c3ccnn3C)cc2F)ccc1-c1nnn(C[C@@H](N)CC(=O)O)n1. The second-order valence-corrected chi connectivity index (χ2v) is 7.46. The van der Waals surface area contributed by atoms with Crippen LogP contribution in [0.5, 0.6) is 11.6 Å². The van der Waals surface area contributed by atoms with Crippen LogP contribution in [0, 0.1) is 12.7 Å². The van der Waals surface area contributed by atoms with Crippen LogP contribution in [0.1, 0.15) is 12.0 Å². The molecule has 4 aromatic rings. The zero-order valence-corrected chi connectivity index (χ0v) is 17.9. The number of hydrogen-bond donors (Lipinski definition) is 2. The van der Waals surface area contributed by atoms with Crippen LogP contribution in [0.2, 0.25) is 0 Å². The number of aliphatic carboxylic acids is 1. The summed E-state index contributed by atoms with van der Waals surface area (Å²) >= 11 is 0. The molecule has 0 unspecified atom stereocenters. The molecule has 33 heavy (non-hydrogen) atoms. The lowest BCUT2D eigenvalue weighted by Gasteiger charge is -2.09. The molecular formula is C21H21FN8O3. The molecule has 0 spiro atoms. The molecule has 170 valence electrons. The Kier molecular flexibility index (Phi) is 6.09. The Balaban J connectivity index is 1.48. The summed E-state index contributed by atoms with van der Waals surface area (Å²) in [5.74, 6) is -0.993. The van der Waals surface area contributed by atoms with E-state index in [-0.39, 0.29) is 18.8 Å². The van der Waals surface area contributed by atoms with Crippen LogP contribution in [0.3, 0.4) is 0 Å². The monoisotopic (exact) mass is 452 g/mol. The van der Waals surface area contributed by atoms with Crippen molar-refractivity contribution in [2.45, 2.75) is 25.9 Å². The van der Waals surface area contributed by atoms with Gasteiger partial charge in [0.05, 0.1) is 18.7 Å². The van der Waals surface area contributed by atoms with Gasteiger partial charge in [-0.2, -0.15) is 9.90 Å². The number of benzene rings is 1. The highest BCUT2D eigenvalue weighted by Crippen LogP contribution is 2.29. The van der Waals surface area contributed by atoms with Gasteiger partial charge < -0.3 is 15.6 Å². The maximum Gasteiger partial charge on any atom is 0.304 e. The topological polar surface area (TPSA) is 147 Å². The summed E-state index contributed by atoms with van der Waals surface area (Å²) in [6.45, 7) is 1.95. The molecule has 3 heterocycles. The first-order valence-electron chi connectivity index (χ1n) is 9.98. The molecule has 3 aromatic heterocycles. The zero-order valence-electron chi connectivity index (χ0n) is 17.9. The van der Waals surface area contributed by atoms with Crippen molar-refractivity contribution >= 4 is 5.97 Å². The van der Waals surface area contributed by atoms with E-state index < -0.39 is 17.8 Å². The Morgan fingerprint density at radius 3 is 2.79 bits per heavy atom. The summed E-state index contributed by atoms with van der Waals surface area (Å²) in [4.78, 5) is 16.1. The van der Waals surface area contributed by atoms with Gasteiger partial charge in [0.1, 0.15) is 5.75 Å². The Morgan fingerprint density at radius 2 is 2.12 bits per heavy atom. The third kappa shape index (κ3) is 5.01. The maximum absolute atomic E-state index is 14.6. The number of carboxylic acid groups (broad SMARTS) is 1. The van der Waals surface area contributed by atoms with E-state index in [1.807, 2.05) is 6.92 Å². The fourth-order valence-corrected chi connectivity index (χ4v) is 3.29. The Bertz CT molecular complexity index is 1300. The van der Waals surface area contributed by atoms with E-state index in [9.17, 15) is 9.18 Å². The molecule has 0 aliphatic rings. The molecular weight excluding hydrogens is 431 g/mol. The van der Waals surface area contributed by atoms with Crippen LogP contribution in [-0.2, 0) is 18.4 Å². The summed E-state index contributed by atoms with van der Waals surface area (Å²) in [5.41, 5.74) is 8.55. The Labute approximate surface area is 187 Å². The van der Waals surface area contributed by atoms with Crippen LogP contribution < -0.4 is 10.5 Å². The quantitative estimate of drug-likeness (QED) is 0.410. The standard InChI is InChI=1S/C21H21FN8O3/c1-12-7-15(33-21-17(22)8-13(10-24-21)18-5-6-25-29(18)2)3-4-16(12)20-26-28-30(27-20)11-14(23)9-19(31)32/h3-8,10,14H,9,11,23H2,1-2H3,(H,31,32)/t14-/m0/s1. The van der Waals surface area contributed by atoms with Gasteiger partial charge in [0.2, 0.25) is 5.82 Å². The number of ether oxygens (including phenoxy) is 1. The average molecular weight is 452 g/mol. The van der Waals surface area contributed by atoms with E-state index in [0.29, 0.717) is 22.7 Å². The molecule has 0 bridgehead atoms. The number of rotatable bonds is 8. The predicted octanol–water partition coefficient (Wildman–Crippen LogP) is 2.18. The van der Waals surface area contributed by atoms with Gasteiger partial charge in [-0.15, -0.1) is 10.2 Å². The molecule has 3 N–H and O–H groups in total. The third-order valence-electron chi connectivity index (χ3n) is 4.86. The highest BCUT2D eigenvalue weighted by Gasteiger charge is 2.15. The molecule has 0 amide bonds. The number of tetrazole rings is 1. The highest BCUT2D eigenvalue weighted by atomic mass is 19.1. The summed E-state index contributed by atoms with van der Waals surface area (Å²) in [6, 6.07) is 7.57. The average Bonchev–Trinajstić information content (AvgIpc) is 3.38. The van der Waals surface area contributed by atoms with Crippen LogP contribution >= 0.6 is 0 Å². The van der Waals surface area contributed by atoms with E-state index in [2.05, 4.69) is 25.5 Å². The van der Waals surface area contributed by atoms with E-state index >= 15 is 0 Å². The fraction of sp³-hybridized carbons (Fsp3) is 0.238.